The van der Waals surface area contributed by atoms with Crippen LogP contribution in [0, 0.1) is 5.92 Å². The molecule has 45 heavy (non-hydrogen) atoms. The molecular weight excluding hydrogens is 617 g/mol. The molecule has 15 heteroatoms. The second kappa shape index (κ2) is 15.1. The van der Waals surface area contributed by atoms with E-state index in [4.69, 9.17) is 9.15 Å². The number of methoxy groups -OCH3 is 1. The first-order valence-electron chi connectivity index (χ1n) is 15.2. The minimum Gasteiger partial charge on any atom is -0.497 e. The molecule has 2 heterocycles. The van der Waals surface area contributed by atoms with Crippen molar-refractivity contribution in [1.29, 1.82) is 0 Å². The number of amides is 3. The summed E-state index contributed by atoms with van der Waals surface area (Å²) in [5.41, 5.74) is -5.09. The summed E-state index contributed by atoms with van der Waals surface area (Å²) in [5, 5.41) is 2.88. The van der Waals surface area contributed by atoms with E-state index in [0.717, 1.165) is 23.5 Å². The Morgan fingerprint density at radius 3 is 2.56 bits per heavy atom. The van der Waals surface area contributed by atoms with Gasteiger partial charge < -0.3 is 19.4 Å². The van der Waals surface area contributed by atoms with Crippen LogP contribution >= 0.6 is 0 Å². The zero-order valence-corrected chi connectivity index (χ0v) is 26.0. The molecule has 1 aromatic heterocycles. The number of likely N-dealkylation sites (tertiary alicyclic amines) is 1. The van der Waals surface area contributed by atoms with E-state index in [1.807, 2.05) is 0 Å². The van der Waals surface area contributed by atoms with Gasteiger partial charge in [0.2, 0.25) is 11.8 Å². The van der Waals surface area contributed by atoms with Crippen LogP contribution in [0.1, 0.15) is 109 Å². The first-order valence-corrected chi connectivity index (χ1v) is 16.7. The van der Waals surface area contributed by atoms with Crippen molar-refractivity contribution in [3.05, 3.63) is 47.2 Å². The number of rotatable bonds is 13. The topological polar surface area (TPSA) is 148 Å². The fourth-order valence-corrected chi connectivity index (χ4v) is 6.42. The van der Waals surface area contributed by atoms with Crippen LogP contribution in [0.15, 0.2) is 28.9 Å². The number of oxazole rings is 1. The van der Waals surface area contributed by atoms with E-state index < -0.39 is 39.8 Å². The number of aryl methyl sites for hydroxylation is 1. The smallest absolute Gasteiger partial charge is 0.497 e. The van der Waals surface area contributed by atoms with Crippen LogP contribution < -0.4 is 14.8 Å². The predicted octanol–water partition coefficient (Wildman–Crippen LogP) is 5.04. The maximum atomic E-state index is 13.8. The average Bonchev–Trinajstić information content (AvgIpc) is 3.69. The van der Waals surface area contributed by atoms with Crippen molar-refractivity contribution in [1.82, 2.24) is 19.9 Å². The van der Waals surface area contributed by atoms with Gasteiger partial charge in [-0.25, -0.2) is 9.71 Å². The molecule has 2 N–H and O–H groups in total. The van der Waals surface area contributed by atoms with Crippen molar-refractivity contribution in [3.8, 4) is 5.75 Å². The average molecular weight is 657 g/mol. The summed E-state index contributed by atoms with van der Waals surface area (Å²) in [4.78, 5) is 44.4. The van der Waals surface area contributed by atoms with Crippen LogP contribution in [0.5, 0.6) is 5.75 Å². The molecule has 1 saturated carbocycles. The Balaban J connectivity index is 1.37. The number of sulfonamides is 1. The van der Waals surface area contributed by atoms with Gasteiger partial charge >= 0.3 is 15.5 Å². The van der Waals surface area contributed by atoms with E-state index in [1.54, 1.807) is 0 Å². The molecule has 2 aliphatic rings. The van der Waals surface area contributed by atoms with Crippen molar-refractivity contribution in [2.75, 3.05) is 20.2 Å². The third-order valence-electron chi connectivity index (χ3n) is 8.32. The predicted molar refractivity (Wildman–Crippen MR) is 157 cm³/mol. The summed E-state index contributed by atoms with van der Waals surface area (Å²) in [6.45, 7) is 0.871. The number of alkyl halides is 3. The number of ether oxygens (including phenoxy) is 1. The normalized spacial score (nSPS) is 17.7. The van der Waals surface area contributed by atoms with E-state index in [1.165, 1.54) is 75.0 Å². The highest BCUT2D eigenvalue weighted by atomic mass is 32.2. The summed E-state index contributed by atoms with van der Waals surface area (Å²) in [6, 6.07) is 3.88. The number of carbonyl (C=O) groups is 3. The summed E-state index contributed by atoms with van der Waals surface area (Å²) in [7, 11) is -4.45. The minimum absolute atomic E-state index is 0.110. The first kappa shape index (κ1) is 34.3. The molecule has 0 spiro atoms. The molecule has 0 radical (unpaired) electrons. The Kier molecular flexibility index (Phi) is 11.5. The molecule has 3 amide bonds. The number of hydrogen-bond donors (Lipinski definition) is 2. The molecule has 2 fully saturated rings. The van der Waals surface area contributed by atoms with Gasteiger partial charge in [-0.05, 0) is 49.3 Å². The Labute approximate surface area is 260 Å². The van der Waals surface area contributed by atoms with Gasteiger partial charge in [0.05, 0.1) is 7.11 Å². The van der Waals surface area contributed by atoms with Crippen molar-refractivity contribution in [3.63, 3.8) is 0 Å². The molecule has 4 rings (SSSR count). The first-order chi connectivity index (χ1) is 21.4. The molecule has 1 saturated heterocycles. The van der Waals surface area contributed by atoms with Gasteiger partial charge in [0.15, 0.2) is 5.69 Å². The van der Waals surface area contributed by atoms with Crippen LogP contribution in [-0.2, 0) is 21.2 Å². The monoisotopic (exact) mass is 656 g/mol. The molecule has 1 aliphatic carbocycles. The van der Waals surface area contributed by atoms with Crippen LogP contribution in [-0.4, -0.2) is 61.7 Å². The number of hydrogen-bond acceptors (Lipinski definition) is 8. The lowest BCUT2D eigenvalue weighted by atomic mass is 9.86. The number of carbonyl (C=O) groups excluding carboxylic acids is 3. The number of benzene rings is 1. The third-order valence-corrected chi connectivity index (χ3v) is 9.43. The lowest BCUT2D eigenvalue weighted by Gasteiger charge is -2.24. The Morgan fingerprint density at radius 2 is 1.84 bits per heavy atom. The van der Waals surface area contributed by atoms with E-state index in [9.17, 15) is 36.0 Å². The van der Waals surface area contributed by atoms with Crippen molar-refractivity contribution in [2.24, 2.45) is 5.92 Å². The van der Waals surface area contributed by atoms with E-state index in [-0.39, 0.29) is 29.5 Å². The summed E-state index contributed by atoms with van der Waals surface area (Å²) in [5.74, 6) is -0.869. The second-order valence-corrected chi connectivity index (χ2v) is 13.2. The highest BCUT2D eigenvalue weighted by Gasteiger charge is 2.47. The van der Waals surface area contributed by atoms with Gasteiger partial charge in [0.25, 0.3) is 11.8 Å². The van der Waals surface area contributed by atoms with Gasteiger partial charge in [-0.2, -0.15) is 21.6 Å². The SMILES string of the molecule is COc1ccc(CCC(=O)NS(=O)(=O)C(F)(F)F)c(C(=O)N2CCC[C@H]2c2nc(C(=O)NCCCCC3CCCCC3)co2)c1. The quantitative estimate of drug-likeness (QED) is 0.285. The van der Waals surface area contributed by atoms with Crippen molar-refractivity contribution < 1.29 is 45.1 Å². The highest BCUT2D eigenvalue weighted by Crippen LogP contribution is 2.34. The fraction of sp³-hybridized carbons (Fsp3) is 0.600. The Hall–Kier alpha value is -3.62. The van der Waals surface area contributed by atoms with Crippen LogP contribution in [0.3, 0.4) is 0 Å². The van der Waals surface area contributed by atoms with Crippen LogP contribution in [0.2, 0.25) is 0 Å². The van der Waals surface area contributed by atoms with Gasteiger partial charge in [0.1, 0.15) is 18.1 Å². The maximum absolute atomic E-state index is 13.8. The number of aromatic nitrogens is 1. The third kappa shape index (κ3) is 8.98. The molecule has 0 bridgehead atoms. The molecule has 1 atom stereocenters. The molecule has 11 nitrogen and oxygen atoms in total. The number of halogens is 3. The molecule has 0 unspecified atom stereocenters. The lowest BCUT2D eigenvalue weighted by molar-refractivity contribution is -0.120. The summed E-state index contributed by atoms with van der Waals surface area (Å²) < 4.78 is 72.4. The molecular formula is C30H39F3N4O7S. The maximum Gasteiger partial charge on any atom is 0.516 e. The van der Waals surface area contributed by atoms with Gasteiger partial charge in [0, 0.05) is 25.1 Å². The Morgan fingerprint density at radius 1 is 1.09 bits per heavy atom. The lowest BCUT2D eigenvalue weighted by Crippen LogP contribution is -2.40. The van der Waals surface area contributed by atoms with Gasteiger partial charge in [-0.1, -0.05) is 51.0 Å². The van der Waals surface area contributed by atoms with Crippen molar-refractivity contribution in [2.45, 2.75) is 88.6 Å². The standard InChI is InChI=1S/C30H39F3N4O7S/c1-43-22-14-12-21(13-15-26(38)36-45(41,42)30(31,32)33)23(18-22)29(40)37-17-7-11-25(37)28-35-24(19-44-28)27(39)34-16-6-5-10-20-8-3-2-4-9-20/h12,14,18-20,25H,2-11,13,15-17H2,1H3,(H,34,39)(H,36,38)/t25-/m0/s1. The molecule has 2 aromatic rings. The zero-order chi connectivity index (χ0) is 32.6. The highest BCUT2D eigenvalue weighted by molar-refractivity contribution is 7.90. The van der Waals surface area contributed by atoms with E-state index in [0.29, 0.717) is 37.2 Å². The van der Waals surface area contributed by atoms with Gasteiger partial charge in [-0.15, -0.1) is 0 Å². The van der Waals surface area contributed by atoms with Crippen LogP contribution in [0.4, 0.5) is 13.2 Å². The van der Waals surface area contributed by atoms with Crippen LogP contribution in [0.25, 0.3) is 0 Å². The Bertz CT molecular complexity index is 1460. The fourth-order valence-electron chi connectivity index (χ4n) is 5.90. The van der Waals surface area contributed by atoms with E-state index in [2.05, 4.69) is 10.3 Å². The van der Waals surface area contributed by atoms with Gasteiger partial charge in [-0.3, -0.25) is 14.4 Å². The molecule has 1 aromatic carbocycles. The largest absolute Gasteiger partial charge is 0.516 e. The summed E-state index contributed by atoms with van der Waals surface area (Å²) in [6.07, 6.45) is 11.2. The summed E-state index contributed by atoms with van der Waals surface area (Å²) >= 11 is 0. The number of nitrogens with one attached hydrogen (secondary N) is 2. The minimum atomic E-state index is -5.85. The number of nitrogens with zero attached hydrogens (tertiary/aromatic N) is 2. The molecule has 248 valence electrons. The number of unbranched alkanes of at least 4 members (excludes halogenated alkanes) is 1. The van der Waals surface area contributed by atoms with Crippen molar-refractivity contribution >= 4 is 27.7 Å². The second-order valence-electron chi connectivity index (χ2n) is 11.5. The molecule has 1 aliphatic heterocycles. The zero-order valence-electron chi connectivity index (χ0n) is 25.2. The van der Waals surface area contributed by atoms with E-state index >= 15 is 0 Å².